The number of aryl methyl sites for hydroxylation is 2. The Morgan fingerprint density at radius 3 is 2.90 bits per heavy atom. The number of carbonyl (C=O) groups is 1. The van der Waals surface area contributed by atoms with Crippen LogP contribution in [0.5, 0.6) is 0 Å². The van der Waals surface area contributed by atoms with Gasteiger partial charge in [-0.1, -0.05) is 13.3 Å². The lowest BCUT2D eigenvalue weighted by atomic mass is 10.3. The van der Waals surface area contributed by atoms with Gasteiger partial charge in [0.15, 0.2) is 0 Å². The zero-order chi connectivity index (χ0) is 15.1. The molecule has 1 saturated heterocycles. The minimum Gasteiger partial charge on any atom is -0.379 e. The monoisotopic (exact) mass is 311 g/mol. The Hall–Kier alpha value is -0.980. The van der Waals surface area contributed by atoms with E-state index in [0.717, 1.165) is 67.7 Å². The molecule has 2 rings (SSSR count). The molecule has 0 unspecified atom stereocenters. The molecule has 21 heavy (non-hydrogen) atoms. The zero-order valence-electron chi connectivity index (χ0n) is 13.0. The molecule has 118 valence electrons. The van der Waals surface area contributed by atoms with Gasteiger partial charge in [-0.05, 0) is 19.8 Å². The van der Waals surface area contributed by atoms with E-state index in [4.69, 9.17) is 4.74 Å². The number of carbonyl (C=O) groups excluding carboxylic acids is 1. The van der Waals surface area contributed by atoms with E-state index >= 15 is 0 Å². The number of hydrogen-bond acceptors (Lipinski definition) is 5. The molecule has 6 heteroatoms. The maximum absolute atomic E-state index is 12.2. The lowest BCUT2D eigenvalue weighted by Crippen LogP contribution is -2.41. The minimum atomic E-state index is 0.0148. The average Bonchev–Trinajstić information content (AvgIpc) is 2.87. The SMILES string of the molecule is CCCCc1nc(C)c(C(=O)NCCN2CCOCC2)s1. The fourth-order valence-electron chi connectivity index (χ4n) is 2.33. The van der Waals surface area contributed by atoms with Crippen LogP contribution in [-0.2, 0) is 11.2 Å². The number of unbranched alkanes of at least 4 members (excludes halogenated alkanes) is 1. The smallest absolute Gasteiger partial charge is 0.263 e. The van der Waals surface area contributed by atoms with Gasteiger partial charge in [0.05, 0.1) is 23.9 Å². The Morgan fingerprint density at radius 2 is 2.19 bits per heavy atom. The number of nitrogens with one attached hydrogen (secondary N) is 1. The molecule has 0 aromatic carbocycles. The second kappa shape index (κ2) is 8.46. The molecule has 0 saturated carbocycles. The van der Waals surface area contributed by atoms with E-state index in [-0.39, 0.29) is 5.91 Å². The number of ether oxygens (including phenoxy) is 1. The predicted octanol–water partition coefficient (Wildman–Crippen LogP) is 1.86. The van der Waals surface area contributed by atoms with Gasteiger partial charge in [-0.15, -0.1) is 11.3 Å². The summed E-state index contributed by atoms with van der Waals surface area (Å²) in [5, 5.41) is 4.08. The van der Waals surface area contributed by atoms with E-state index in [2.05, 4.69) is 22.1 Å². The number of nitrogens with zero attached hydrogens (tertiary/aromatic N) is 2. The molecular formula is C15H25N3O2S. The molecule has 5 nitrogen and oxygen atoms in total. The molecule has 1 aromatic rings. The van der Waals surface area contributed by atoms with Crippen LogP contribution in [0.25, 0.3) is 0 Å². The van der Waals surface area contributed by atoms with Gasteiger partial charge in [0, 0.05) is 26.2 Å². The van der Waals surface area contributed by atoms with E-state index in [9.17, 15) is 4.79 Å². The van der Waals surface area contributed by atoms with Gasteiger partial charge in [-0.3, -0.25) is 9.69 Å². The normalized spacial score (nSPS) is 16.1. The quantitative estimate of drug-likeness (QED) is 0.835. The Kier molecular flexibility index (Phi) is 6.60. The lowest BCUT2D eigenvalue weighted by Gasteiger charge is -2.26. The molecule has 0 aliphatic carbocycles. The summed E-state index contributed by atoms with van der Waals surface area (Å²) in [6.45, 7) is 9.15. The number of hydrogen-bond donors (Lipinski definition) is 1. The summed E-state index contributed by atoms with van der Waals surface area (Å²) in [6, 6.07) is 0. The minimum absolute atomic E-state index is 0.0148. The van der Waals surface area contributed by atoms with Crippen LogP contribution < -0.4 is 5.32 Å². The Morgan fingerprint density at radius 1 is 1.43 bits per heavy atom. The molecule has 1 aliphatic heterocycles. The molecule has 1 amide bonds. The van der Waals surface area contributed by atoms with Crippen molar-refractivity contribution in [2.24, 2.45) is 0 Å². The number of morpholine rings is 1. The molecule has 1 aliphatic rings. The van der Waals surface area contributed by atoms with E-state index in [1.54, 1.807) is 0 Å². The van der Waals surface area contributed by atoms with Gasteiger partial charge in [0.25, 0.3) is 5.91 Å². The van der Waals surface area contributed by atoms with Crippen LogP contribution in [0.2, 0.25) is 0 Å². The van der Waals surface area contributed by atoms with Gasteiger partial charge < -0.3 is 10.1 Å². The summed E-state index contributed by atoms with van der Waals surface area (Å²) in [7, 11) is 0. The molecule has 1 N–H and O–H groups in total. The van der Waals surface area contributed by atoms with Crippen molar-refractivity contribution in [3.63, 3.8) is 0 Å². The summed E-state index contributed by atoms with van der Waals surface area (Å²) in [4.78, 5) is 19.8. The van der Waals surface area contributed by atoms with Crippen molar-refractivity contribution in [3.8, 4) is 0 Å². The molecule has 1 aromatic heterocycles. The van der Waals surface area contributed by atoms with E-state index < -0.39 is 0 Å². The van der Waals surface area contributed by atoms with Crippen molar-refractivity contribution < 1.29 is 9.53 Å². The van der Waals surface area contributed by atoms with Crippen LogP contribution in [0, 0.1) is 6.92 Å². The highest BCUT2D eigenvalue weighted by Crippen LogP contribution is 2.19. The summed E-state index contributed by atoms with van der Waals surface area (Å²) in [5.41, 5.74) is 0.856. The van der Waals surface area contributed by atoms with Crippen molar-refractivity contribution in [3.05, 3.63) is 15.6 Å². The highest BCUT2D eigenvalue weighted by atomic mass is 32.1. The summed E-state index contributed by atoms with van der Waals surface area (Å²) < 4.78 is 5.31. The first-order chi connectivity index (χ1) is 10.2. The number of rotatable bonds is 7. The van der Waals surface area contributed by atoms with Gasteiger partial charge in [-0.2, -0.15) is 0 Å². The third kappa shape index (κ3) is 5.05. The Balaban J connectivity index is 1.78. The summed E-state index contributed by atoms with van der Waals surface area (Å²) in [5.74, 6) is 0.0148. The van der Waals surface area contributed by atoms with Crippen molar-refractivity contribution in [1.82, 2.24) is 15.2 Å². The first kappa shape index (κ1) is 16.4. The maximum atomic E-state index is 12.2. The fourth-order valence-corrected chi connectivity index (χ4v) is 3.35. The number of amides is 1. The van der Waals surface area contributed by atoms with Crippen molar-refractivity contribution in [1.29, 1.82) is 0 Å². The van der Waals surface area contributed by atoms with E-state index in [0.29, 0.717) is 6.54 Å². The average molecular weight is 311 g/mol. The topological polar surface area (TPSA) is 54.5 Å². The lowest BCUT2D eigenvalue weighted by molar-refractivity contribution is 0.0383. The van der Waals surface area contributed by atoms with Crippen LogP contribution in [0.4, 0.5) is 0 Å². The molecule has 0 radical (unpaired) electrons. The van der Waals surface area contributed by atoms with Crippen molar-refractivity contribution in [2.75, 3.05) is 39.4 Å². The molecule has 0 bridgehead atoms. The first-order valence-electron chi connectivity index (χ1n) is 7.75. The van der Waals surface area contributed by atoms with Crippen LogP contribution in [0.3, 0.4) is 0 Å². The number of thiazole rings is 1. The van der Waals surface area contributed by atoms with Gasteiger partial charge in [-0.25, -0.2) is 4.98 Å². The zero-order valence-corrected chi connectivity index (χ0v) is 13.8. The molecular weight excluding hydrogens is 286 g/mol. The highest BCUT2D eigenvalue weighted by Gasteiger charge is 2.15. The molecule has 1 fully saturated rings. The van der Waals surface area contributed by atoms with Crippen LogP contribution >= 0.6 is 11.3 Å². The predicted molar refractivity (Wildman–Crippen MR) is 85.1 cm³/mol. The van der Waals surface area contributed by atoms with Gasteiger partial charge in [0.1, 0.15) is 4.88 Å². The fraction of sp³-hybridized carbons (Fsp3) is 0.733. The second-order valence-corrected chi connectivity index (χ2v) is 6.42. The molecule has 2 heterocycles. The highest BCUT2D eigenvalue weighted by molar-refractivity contribution is 7.13. The molecule has 0 spiro atoms. The van der Waals surface area contributed by atoms with E-state index in [1.807, 2.05) is 6.92 Å². The standard InChI is InChI=1S/C15H25N3O2S/c1-3-4-5-13-17-12(2)14(21-13)15(19)16-6-7-18-8-10-20-11-9-18/h3-11H2,1-2H3,(H,16,19). The van der Waals surface area contributed by atoms with Crippen molar-refractivity contribution >= 4 is 17.2 Å². The number of aromatic nitrogens is 1. The van der Waals surface area contributed by atoms with Crippen molar-refractivity contribution in [2.45, 2.75) is 33.1 Å². The van der Waals surface area contributed by atoms with Gasteiger partial charge in [0.2, 0.25) is 0 Å². The van der Waals surface area contributed by atoms with E-state index in [1.165, 1.54) is 11.3 Å². The van der Waals surface area contributed by atoms with Crippen LogP contribution in [0.1, 0.15) is 40.1 Å². The van der Waals surface area contributed by atoms with Crippen LogP contribution in [0.15, 0.2) is 0 Å². The molecule has 0 atom stereocenters. The third-order valence-corrected chi connectivity index (χ3v) is 4.82. The summed E-state index contributed by atoms with van der Waals surface area (Å²) >= 11 is 1.54. The Bertz CT molecular complexity index is 456. The van der Waals surface area contributed by atoms with Crippen LogP contribution in [-0.4, -0.2) is 55.2 Å². The third-order valence-electron chi connectivity index (χ3n) is 3.61. The largest absolute Gasteiger partial charge is 0.379 e. The summed E-state index contributed by atoms with van der Waals surface area (Å²) in [6.07, 6.45) is 3.26. The Labute approximate surface area is 130 Å². The van der Waals surface area contributed by atoms with Gasteiger partial charge >= 0.3 is 0 Å². The second-order valence-electron chi connectivity index (χ2n) is 5.34. The first-order valence-corrected chi connectivity index (χ1v) is 8.57. The maximum Gasteiger partial charge on any atom is 0.263 e.